The van der Waals surface area contributed by atoms with Crippen molar-refractivity contribution in [2.75, 3.05) is 0 Å². The molecule has 3 rings (SSSR count). The van der Waals surface area contributed by atoms with Crippen LogP contribution in [-0.2, 0) is 0 Å². The molecule has 1 aromatic heterocycles. The predicted octanol–water partition coefficient (Wildman–Crippen LogP) is 4.75. The average Bonchev–Trinajstić information content (AvgIpc) is 2.90. The van der Waals surface area contributed by atoms with Gasteiger partial charge in [-0.3, -0.25) is 14.5 Å². The quantitative estimate of drug-likeness (QED) is 0.427. The van der Waals surface area contributed by atoms with Gasteiger partial charge >= 0.3 is 17.7 Å². The van der Waals surface area contributed by atoms with Crippen molar-refractivity contribution < 1.29 is 18.9 Å². The first-order valence-corrected chi connectivity index (χ1v) is 6.59. The topological polar surface area (TPSA) is 87.8 Å². The van der Waals surface area contributed by atoms with Gasteiger partial charge in [-0.15, -0.1) is 0 Å². The molecule has 1 N–H and O–H groups in total. The normalized spacial score (nSPS) is 10.6. The number of aromatic hydroxyl groups is 1. The Balaban J connectivity index is 1.98. The zero-order valence-electron chi connectivity index (χ0n) is 11.0. The summed E-state index contributed by atoms with van der Waals surface area (Å²) in [6.07, 6.45) is 0. The van der Waals surface area contributed by atoms with Gasteiger partial charge in [-0.05, 0) is 36.4 Å². The second-order valence-corrected chi connectivity index (χ2v) is 4.87. The smallest absolute Gasteiger partial charge is 0.379 e. The van der Waals surface area contributed by atoms with E-state index in [2.05, 4.69) is 0 Å². The van der Waals surface area contributed by atoms with Gasteiger partial charge in [0.15, 0.2) is 0 Å². The van der Waals surface area contributed by atoms with Crippen LogP contribution in [0.15, 0.2) is 57.4 Å². The monoisotopic (exact) mass is 318 g/mol. The molecule has 0 saturated heterocycles. The van der Waals surface area contributed by atoms with Gasteiger partial charge in [0.25, 0.3) is 5.69 Å². The van der Waals surface area contributed by atoms with Crippen LogP contribution in [0.4, 0.5) is 5.69 Å². The zero-order chi connectivity index (χ0) is 15.7. The Morgan fingerprint density at radius 1 is 1.05 bits per heavy atom. The second-order valence-electron chi connectivity index (χ2n) is 4.44. The van der Waals surface area contributed by atoms with E-state index in [0.717, 1.165) is 0 Å². The summed E-state index contributed by atoms with van der Waals surface area (Å²) in [6.45, 7) is 0. The minimum Gasteiger partial charge on any atom is -0.379 e. The van der Waals surface area contributed by atoms with Crippen LogP contribution in [0, 0.1) is 10.1 Å². The number of nitro benzene ring substituents is 1. The molecule has 110 valence electrons. The third-order valence-electron chi connectivity index (χ3n) is 3.00. The fourth-order valence-corrected chi connectivity index (χ4v) is 2.04. The SMILES string of the molecule is O=[N+]([O-])c1ccc(-c2oc(-c3ccc(Cl)cc3)[o+]c2O)cc1. The summed E-state index contributed by atoms with van der Waals surface area (Å²) in [6, 6.07) is 12.3. The third kappa shape index (κ3) is 2.64. The molecule has 0 aliphatic carbocycles. The lowest BCUT2D eigenvalue weighted by atomic mass is 10.2. The Morgan fingerprint density at radius 3 is 2.23 bits per heavy atom. The summed E-state index contributed by atoms with van der Waals surface area (Å²) in [5.41, 5.74) is 1.02. The van der Waals surface area contributed by atoms with Crippen LogP contribution in [0.5, 0.6) is 5.95 Å². The molecule has 3 aromatic rings. The largest absolute Gasteiger partial charge is 0.509 e. The maximum absolute atomic E-state index is 10.6. The van der Waals surface area contributed by atoms with Crippen LogP contribution in [0.1, 0.15) is 0 Å². The summed E-state index contributed by atoms with van der Waals surface area (Å²) in [4.78, 5) is 10.1. The van der Waals surface area contributed by atoms with Crippen molar-refractivity contribution >= 4 is 17.3 Å². The van der Waals surface area contributed by atoms with E-state index in [1.807, 2.05) is 0 Å². The molecule has 0 radical (unpaired) electrons. The van der Waals surface area contributed by atoms with E-state index in [0.29, 0.717) is 16.1 Å². The minimum atomic E-state index is -0.505. The molecule has 0 atom stereocenters. The third-order valence-corrected chi connectivity index (χ3v) is 3.25. The molecule has 0 fully saturated rings. The van der Waals surface area contributed by atoms with Gasteiger partial charge < -0.3 is 9.52 Å². The lowest BCUT2D eigenvalue weighted by Crippen LogP contribution is -1.86. The van der Waals surface area contributed by atoms with E-state index in [1.54, 1.807) is 24.3 Å². The van der Waals surface area contributed by atoms with E-state index >= 15 is 0 Å². The number of rotatable bonds is 3. The summed E-state index contributed by atoms with van der Waals surface area (Å²) in [5, 5.41) is 21.1. The van der Waals surface area contributed by atoms with Gasteiger partial charge in [-0.1, -0.05) is 11.6 Å². The van der Waals surface area contributed by atoms with Crippen molar-refractivity contribution in [3.05, 3.63) is 63.7 Å². The molecule has 0 amide bonds. The first-order chi connectivity index (χ1) is 10.5. The molecule has 6 nitrogen and oxygen atoms in total. The Hall–Kier alpha value is -2.86. The van der Waals surface area contributed by atoms with Crippen LogP contribution < -0.4 is 0 Å². The van der Waals surface area contributed by atoms with Gasteiger partial charge in [-0.25, -0.2) is 0 Å². The standard InChI is InChI=1S/C15H8ClNO5/c16-11-5-1-10(2-6-11)15-21-13(14(18)22-15)9-3-7-12(8-4-9)17(19)20/h1-8H/p+1. The van der Waals surface area contributed by atoms with Gasteiger partial charge in [0, 0.05) is 22.7 Å². The number of hydrogen-bond donors (Lipinski definition) is 1. The van der Waals surface area contributed by atoms with Crippen LogP contribution in [0.3, 0.4) is 0 Å². The second kappa shape index (κ2) is 5.50. The summed E-state index contributed by atoms with van der Waals surface area (Å²) >= 11 is 5.81. The highest BCUT2D eigenvalue weighted by Gasteiger charge is 2.27. The zero-order valence-corrected chi connectivity index (χ0v) is 11.8. The molecular formula is C15H9ClNO5+. The fraction of sp³-hybridized carbons (Fsp3) is 0. The number of nitrogens with zero attached hydrogens (tertiary/aromatic N) is 1. The molecule has 0 bridgehead atoms. The number of halogens is 1. The van der Waals surface area contributed by atoms with Crippen LogP contribution in [0.2, 0.25) is 5.02 Å². The minimum absolute atomic E-state index is 0.0512. The molecular weight excluding hydrogens is 310 g/mol. The van der Waals surface area contributed by atoms with Gasteiger partial charge in [0.1, 0.15) is 0 Å². The fourth-order valence-electron chi connectivity index (χ4n) is 1.91. The molecule has 7 heteroatoms. The number of benzene rings is 2. The maximum atomic E-state index is 10.6. The molecule has 2 aromatic carbocycles. The summed E-state index contributed by atoms with van der Waals surface area (Å²) in [7, 11) is 0. The van der Waals surface area contributed by atoms with Gasteiger partial charge in [0.05, 0.1) is 10.5 Å². The Morgan fingerprint density at radius 2 is 1.64 bits per heavy atom. The predicted molar refractivity (Wildman–Crippen MR) is 79.6 cm³/mol. The lowest BCUT2D eigenvalue weighted by molar-refractivity contribution is -0.384. The maximum Gasteiger partial charge on any atom is 0.509 e. The molecule has 1 heterocycles. The van der Waals surface area contributed by atoms with Crippen molar-refractivity contribution in [1.82, 2.24) is 0 Å². The highest BCUT2D eigenvalue weighted by atomic mass is 35.5. The molecule has 0 aliphatic heterocycles. The average molecular weight is 319 g/mol. The number of non-ortho nitro benzene ring substituents is 1. The lowest BCUT2D eigenvalue weighted by Gasteiger charge is -1.92. The van der Waals surface area contributed by atoms with E-state index in [4.69, 9.17) is 20.4 Å². The van der Waals surface area contributed by atoms with Crippen LogP contribution in [-0.4, -0.2) is 10.0 Å². The Labute approximate surface area is 129 Å². The molecule has 0 aliphatic rings. The van der Waals surface area contributed by atoms with Gasteiger partial charge in [0.2, 0.25) is 0 Å². The Kier molecular flexibility index (Phi) is 3.52. The first kappa shape index (κ1) is 14.1. The van der Waals surface area contributed by atoms with Crippen molar-refractivity contribution in [3.8, 4) is 28.8 Å². The molecule has 0 unspecified atom stereocenters. The molecule has 22 heavy (non-hydrogen) atoms. The summed E-state index contributed by atoms with van der Waals surface area (Å²) < 4.78 is 10.7. The van der Waals surface area contributed by atoms with Crippen molar-refractivity contribution in [2.45, 2.75) is 0 Å². The van der Waals surface area contributed by atoms with Crippen molar-refractivity contribution in [2.24, 2.45) is 0 Å². The number of hydrogen-bond acceptors (Lipinski definition) is 4. The Bertz CT molecular complexity index is 824. The molecule has 0 spiro atoms. The van der Waals surface area contributed by atoms with E-state index in [1.165, 1.54) is 24.3 Å². The first-order valence-electron chi connectivity index (χ1n) is 6.21. The van der Waals surface area contributed by atoms with Crippen molar-refractivity contribution in [3.63, 3.8) is 0 Å². The highest BCUT2D eigenvalue weighted by molar-refractivity contribution is 6.30. The summed E-state index contributed by atoms with van der Waals surface area (Å²) in [5.74, 6) is -0.193. The van der Waals surface area contributed by atoms with Crippen LogP contribution >= 0.6 is 11.6 Å². The van der Waals surface area contributed by atoms with E-state index in [9.17, 15) is 15.2 Å². The highest BCUT2D eigenvalue weighted by Crippen LogP contribution is 2.37. The van der Waals surface area contributed by atoms with Gasteiger partial charge in [-0.2, -0.15) is 0 Å². The van der Waals surface area contributed by atoms with E-state index < -0.39 is 10.9 Å². The van der Waals surface area contributed by atoms with E-state index in [-0.39, 0.29) is 17.4 Å². The number of nitro groups is 1. The molecule has 0 saturated carbocycles. The van der Waals surface area contributed by atoms with Crippen LogP contribution in [0.25, 0.3) is 22.8 Å². The van der Waals surface area contributed by atoms with Crippen molar-refractivity contribution in [1.29, 1.82) is 0 Å².